The third kappa shape index (κ3) is 31.8. The summed E-state index contributed by atoms with van der Waals surface area (Å²) in [6, 6.07) is 0. The summed E-state index contributed by atoms with van der Waals surface area (Å²) in [5.74, 6) is 0.644. The van der Waals surface area contributed by atoms with E-state index < -0.39 is 6.43 Å². The Kier molecular flexibility index (Phi) is 20.9. The first-order valence-electron chi connectivity index (χ1n) is 5.14. The highest BCUT2D eigenvalue weighted by atomic mass is 19.3. The van der Waals surface area contributed by atoms with Gasteiger partial charge in [0, 0.05) is 0 Å². The fraction of sp³-hybridized carbons (Fsp3) is 0.818. The monoisotopic (exact) mass is 226 g/mol. The molecule has 0 aromatic heterocycles. The molecule has 0 bridgehead atoms. The van der Waals surface area contributed by atoms with Crippen LogP contribution in [-0.2, 0) is 4.74 Å². The molecule has 0 aromatic rings. The summed E-state index contributed by atoms with van der Waals surface area (Å²) in [7, 11) is 0. The summed E-state index contributed by atoms with van der Waals surface area (Å²) in [5, 5.41) is 8.58. The number of aliphatic hydroxyl groups excluding tert-OH is 1. The molecule has 0 rings (SSSR count). The van der Waals surface area contributed by atoms with Crippen molar-refractivity contribution in [2.24, 2.45) is 0 Å². The molecular weight excluding hydrogens is 202 g/mol. The predicted molar refractivity (Wildman–Crippen MR) is 60.1 cm³/mol. The zero-order valence-electron chi connectivity index (χ0n) is 10.6. The smallest absolute Gasteiger partial charge is 0.235 e. The Morgan fingerprint density at radius 3 is 1.67 bits per heavy atom. The fourth-order valence-electron chi connectivity index (χ4n) is 0.499. The molecule has 2 nitrogen and oxygen atoms in total. The second-order valence-corrected chi connectivity index (χ2v) is 2.60. The van der Waals surface area contributed by atoms with E-state index in [0.717, 1.165) is 6.92 Å². The Labute approximate surface area is 91.9 Å². The van der Waals surface area contributed by atoms with Gasteiger partial charge in [0.25, 0.3) is 0 Å². The van der Waals surface area contributed by atoms with Crippen molar-refractivity contribution in [3.63, 3.8) is 0 Å². The van der Waals surface area contributed by atoms with E-state index >= 15 is 0 Å². The van der Waals surface area contributed by atoms with Crippen LogP contribution in [0.2, 0.25) is 0 Å². The van der Waals surface area contributed by atoms with Gasteiger partial charge in [-0.15, -0.1) is 0 Å². The molecule has 0 saturated heterocycles. The van der Waals surface area contributed by atoms with E-state index in [2.05, 4.69) is 0 Å². The third-order valence-corrected chi connectivity index (χ3v) is 0.865. The maximum Gasteiger partial charge on any atom is 0.235 e. The predicted octanol–water partition coefficient (Wildman–Crippen LogP) is 3.61. The molecule has 0 saturated carbocycles. The van der Waals surface area contributed by atoms with Crippen LogP contribution in [0.5, 0.6) is 0 Å². The van der Waals surface area contributed by atoms with Gasteiger partial charge in [0.15, 0.2) is 0 Å². The molecule has 0 aliphatic rings. The molecule has 0 aliphatic carbocycles. The van der Waals surface area contributed by atoms with Crippen LogP contribution in [0.25, 0.3) is 0 Å². The molecule has 0 heterocycles. The molecule has 1 N–H and O–H groups in total. The van der Waals surface area contributed by atoms with Crippen molar-refractivity contribution in [3.05, 3.63) is 11.8 Å². The normalized spacial score (nSPS) is 10.2. The van der Waals surface area contributed by atoms with Gasteiger partial charge in [0.2, 0.25) is 6.43 Å². The SMILES string of the molecule is C/C=C(/CO)OC(C)C.CC.CC(F)F. The van der Waals surface area contributed by atoms with E-state index in [-0.39, 0.29) is 12.7 Å². The molecule has 0 aliphatic heterocycles. The lowest BCUT2D eigenvalue weighted by Crippen LogP contribution is -2.04. The minimum Gasteiger partial charge on any atom is -0.493 e. The minimum atomic E-state index is -2.17. The number of rotatable bonds is 3. The number of alkyl halides is 2. The van der Waals surface area contributed by atoms with E-state index in [4.69, 9.17) is 9.84 Å². The maximum absolute atomic E-state index is 10.3. The molecule has 0 fully saturated rings. The van der Waals surface area contributed by atoms with Crippen LogP contribution < -0.4 is 0 Å². The average Bonchev–Trinajstić information content (AvgIpc) is 2.16. The number of ether oxygens (including phenoxy) is 1. The van der Waals surface area contributed by atoms with E-state index in [0.29, 0.717) is 5.76 Å². The van der Waals surface area contributed by atoms with Crippen LogP contribution in [0, 0.1) is 0 Å². The summed E-state index contributed by atoms with van der Waals surface area (Å²) in [4.78, 5) is 0. The van der Waals surface area contributed by atoms with E-state index in [9.17, 15) is 8.78 Å². The lowest BCUT2D eigenvalue weighted by molar-refractivity contribution is 0.112. The van der Waals surface area contributed by atoms with Gasteiger partial charge >= 0.3 is 0 Å². The molecule has 0 radical (unpaired) electrons. The lowest BCUT2D eigenvalue weighted by atomic mass is 10.4. The molecule has 0 atom stereocenters. The zero-order valence-corrected chi connectivity index (χ0v) is 10.6. The summed E-state index contributed by atoms with van der Waals surface area (Å²) in [5.41, 5.74) is 0. The Bertz CT molecular complexity index is 132. The highest BCUT2D eigenvalue weighted by molar-refractivity contribution is 4.89. The summed E-state index contributed by atoms with van der Waals surface area (Å²) >= 11 is 0. The molecule has 0 spiro atoms. The Morgan fingerprint density at radius 1 is 1.27 bits per heavy atom. The summed E-state index contributed by atoms with van der Waals surface area (Å²) in [6.45, 7) is 10.5. The van der Waals surface area contributed by atoms with Crippen molar-refractivity contribution in [1.82, 2.24) is 0 Å². The van der Waals surface area contributed by atoms with Gasteiger partial charge < -0.3 is 9.84 Å². The van der Waals surface area contributed by atoms with Gasteiger partial charge in [-0.2, -0.15) is 0 Å². The number of halogens is 2. The summed E-state index contributed by atoms with van der Waals surface area (Å²) in [6.07, 6.45) is -0.247. The highest BCUT2D eigenvalue weighted by Gasteiger charge is 1.95. The Hall–Kier alpha value is -0.640. The molecule has 4 heteroatoms. The van der Waals surface area contributed by atoms with Gasteiger partial charge in [0.1, 0.15) is 12.4 Å². The van der Waals surface area contributed by atoms with Gasteiger partial charge in [0.05, 0.1) is 6.10 Å². The van der Waals surface area contributed by atoms with Crippen molar-refractivity contribution in [3.8, 4) is 0 Å². The first kappa shape index (κ1) is 19.9. The number of hydrogen-bond acceptors (Lipinski definition) is 2. The first-order valence-corrected chi connectivity index (χ1v) is 5.14. The number of allylic oxidation sites excluding steroid dienone is 1. The number of hydrogen-bond donors (Lipinski definition) is 1. The van der Waals surface area contributed by atoms with Crippen LogP contribution in [0.1, 0.15) is 41.5 Å². The van der Waals surface area contributed by atoms with Gasteiger partial charge in [-0.3, -0.25) is 0 Å². The lowest BCUT2D eigenvalue weighted by Gasteiger charge is -2.10. The summed E-state index contributed by atoms with van der Waals surface area (Å²) < 4.78 is 25.8. The largest absolute Gasteiger partial charge is 0.493 e. The maximum atomic E-state index is 10.3. The second kappa shape index (κ2) is 15.8. The van der Waals surface area contributed by atoms with Gasteiger partial charge in [-0.25, -0.2) is 8.78 Å². The van der Waals surface area contributed by atoms with E-state index in [1.54, 1.807) is 6.08 Å². The van der Waals surface area contributed by atoms with Crippen molar-refractivity contribution in [1.29, 1.82) is 0 Å². The molecule has 0 amide bonds. The van der Waals surface area contributed by atoms with Crippen molar-refractivity contribution in [2.45, 2.75) is 54.1 Å². The zero-order chi connectivity index (χ0) is 12.9. The highest BCUT2D eigenvalue weighted by Crippen LogP contribution is 1.99. The third-order valence-electron chi connectivity index (χ3n) is 0.865. The van der Waals surface area contributed by atoms with E-state index in [1.165, 1.54) is 0 Å². The van der Waals surface area contributed by atoms with Crippen molar-refractivity contribution in [2.75, 3.05) is 6.61 Å². The van der Waals surface area contributed by atoms with Crippen molar-refractivity contribution < 1.29 is 18.6 Å². The molecule has 0 aromatic carbocycles. The van der Waals surface area contributed by atoms with Crippen LogP contribution in [-0.4, -0.2) is 24.2 Å². The average molecular weight is 226 g/mol. The molecular formula is C11H24F2O2. The fourth-order valence-corrected chi connectivity index (χ4v) is 0.499. The molecule has 94 valence electrons. The topological polar surface area (TPSA) is 29.5 Å². The van der Waals surface area contributed by atoms with E-state index in [1.807, 2.05) is 34.6 Å². The van der Waals surface area contributed by atoms with Crippen molar-refractivity contribution >= 4 is 0 Å². The molecule has 15 heavy (non-hydrogen) atoms. The minimum absolute atomic E-state index is 0.00528. The Morgan fingerprint density at radius 2 is 1.60 bits per heavy atom. The first-order chi connectivity index (χ1) is 6.93. The van der Waals surface area contributed by atoms with Crippen LogP contribution in [0.3, 0.4) is 0 Å². The van der Waals surface area contributed by atoms with Gasteiger partial charge in [-0.05, 0) is 33.8 Å². The standard InChI is InChI=1S/C7H14O2.C2H4F2.C2H6/c1-4-7(5-8)9-6(2)3;1-2(3)4;1-2/h4,6,8H,5H2,1-3H3;2H,1H3;1-2H3/b7-4-;;. The van der Waals surface area contributed by atoms with Crippen LogP contribution in [0.15, 0.2) is 11.8 Å². The van der Waals surface area contributed by atoms with Crippen LogP contribution >= 0.6 is 0 Å². The van der Waals surface area contributed by atoms with Crippen LogP contribution in [0.4, 0.5) is 8.78 Å². The van der Waals surface area contributed by atoms with Gasteiger partial charge in [-0.1, -0.05) is 13.8 Å². The second-order valence-electron chi connectivity index (χ2n) is 2.60. The number of aliphatic hydroxyl groups is 1. The Balaban J connectivity index is -0.000000202. The molecule has 0 unspecified atom stereocenters. The quantitative estimate of drug-likeness (QED) is 0.745.